The molecule has 336 valence electrons. The summed E-state index contributed by atoms with van der Waals surface area (Å²) >= 11 is 0. The number of nitrogens with two attached hydrogens (primary N) is 2. The summed E-state index contributed by atoms with van der Waals surface area (Å²) < 4.78 is 53.8. The van der Waals surface area contributed by atoms with Crippen molar-refractivity contribution >= 4 is 71.4 Å². The minimum absolute atomic E-state index is 0.0199. The third-order valence-corrected chi connectivity index (χ3v) is 13.4. The third kappa shape index (κ3) is 8.44. The van der Waals surface area contributed by atoms with Crippen LogP contribution in [0.2, 0.25) is 0 Å². The number of carbonyl (C=O) groups excluding carboxylic acids is 1. The van der Waals surface area contributed by atoms with Gasteiger partial charge in [-0.15, -0.1) is 0 Å². The largest absolute Gasteiger partial charge is 0.509 e. The smallest absolute Gasteiger partial charge is 0.264 e. The molecule has 1 atom stereocenters. The number of fused-ring (bicyclic) bond motifs is 2. The second-order valence-electron chi connectivity index (χ2n) is 15.8. The van der Waals surface area contributed by atoms with Crippen LogP contribution in [0.3, 0.4) is 0 Å². The molecule has 6 rings (SSSR count). The van der Waals surface area contributed by atoms with Crippen LogP contribution in [0.5, 0.6) is 11.5 Å². The molecule has 4 aromatic carbocycles. The van der Waals surface area contributed by atoms with E-state index in [0.717, 1.165) is 0 Å². The molecule has 20 heteroatoms. The van der Waals surface area contributed by atoms with Crippen LogP contribution in [0, 0.1) is 36.5 Å². The van der Waals surface area contributed by atoms with Gasteiger partial charge in [-0.3, -0.25) is 15.6 Å². The van der Waals surface area contributed by atoms with Gasteiger partial charge in [0.25, 0.3) is 20.0 Å². The number of hydrogen-bond donors (Lipinski definition) is 13. The average molecular weight is 913 g/mol. The molecule has 1 unspecified atom stereocenters. The first-order valence-electron chi connectivity index (χ1n) is 19.6. The van der Waals surface area contributed by atoms with Gasteiger partial charge in [-0.05, 0) is 96.5 Å². The summed E-state index contributed by atoms with van der Waals surface area (Å²) in [6.07, 6.45) is 0.954. The highest BCUT2D eigenvalue weighted by molar-refractivity contribution is 7.90. The molecule has 0 spiro atoms. The molecule has 2 aliphatic rings. The minimum Gasteiger partial charge on any atom is -0.509 e. The Morgan fingerprint density at radius 2 is 1.06 bits per heavy atom. The Morgan fingerprint density at radius 1 is 0.656 bits per heavy atom. The molecule has 0 amide bonds. The van der Waals surface area contributed by atoms with E-state index in [1.807, 2.05) is 23.3 Å². The highest BCUT2D eigenvalue weighted by Crippen LogP contribution is 2.54. The van der Waals surface area contributed by atoms with Crippen LogP contribution in [0.25, 0.3) is 33.4 Å². The van der Waals surface area contributed by atoms with Crippen LogP contribution in [0.1, 0.15) is 61.1 Å². The zero-order valence-corrected chi connectivity index (χ0v) is 37.0. The van der Waals surface area contributed by atoms with Crippen LogP contribution >= 0.6 is 0 Å². The summed E-state index contributed by atoms with van der Waals surface area (Å²) in [5.41, 5.74) is 13.6. The lowest BCUT2D eigenvalue weighted by Gasteiger charge is -2.32. The molecule has 2 aliphatic carbocycles. The van der Waals surface area contributed by atoms with Crippen molar-refractivity contribution in [2.45, 2.75) is 57.4 Å². The molecule has 64 heavy (non-hydrogen) atoms. The molecule has 4 aromatic rings. The van der Waals surface area contributed by atoms with Crippen LogP contribution < -0.4 is 31.5 Å². The number of allylic oxidation sites excluding steroid dienone is 3. The fourth-order valence-corrected chi connectivity index (χ4v) is 9.75. The predicted octanol–water partition coefficient (Wildman–Crippen LogP) is 5.44. The van der Waals surface area contributed by atoms with Gasteiger partial charge in [0.2, 0.25) is 5.78 Å². The highest BCUT2D eigenvalue weighted by Gasteiger charge is 2.38. The summed E-state index contributed by atoms with van der Waals surface area (Å²) in [4.78, 5) is 13.6. The number of Topliss-reactive ketones (excluding diaryl/α,β-unsaturated/α-hetero) is 1. The van der Waals surface area contributed by atoms with Gasteiger partial charge in [0, 0.05) is 62.7 Å². The number of anilines is 2. The molecule has 0 heterocycles. The van der Waals surface area contributed by atoms with Gasteiger partial charge in [-0.25, -0.2) is 26.3 Å². The molecule has 0 bridgehead atoms. The highest BCUT2D eigenvalue weighted by atomic mass is 32.2. The number of aliphatic hydroxyl groups excluding tert-OH is 3. The normalized spacial score (nSPS) is 16.6. The molecule has 0 saturated carbocycles. The molecule has 0 aliphatic heterocycles. The van der Waals surface area contributed by atoms with E-state index in [4.69, 9.17) is 22.3 Å². The quantitative estimate of drug-likeness (QED) is 0.0507. The first kappa shape index (κ1) is 46.2. The second kappa shape index (κ2) is 17.1. The maximum atomic E-state index is 14.0. The number of nitrogens with one attached hydrogen (secondary N) is 6. The number of ketones is 1. The van der Waals surface area contributed by atoms with Crippen LogP contribution in [0.15, 0.2) is 94.4 Å². The summed E-state index contributed by atoms with van der Waals surface area (Å²) in [6.45, 7) is 10.5. The number of benzene rings is 4. The molecule has 0 radical (unpaired) electrons. The number of phenols is 2. The van der Waals surface area contributed by atoms with E-state index in [-0.39, 0.29) is 66.2 Å². The van der Waals surface area contributed by atoms with Gasteiger partial charge in [0.05, 0.1) is 15.4 Å². The van der Waals surface area contributed by atoms with Gasteiger partial charge >= 0.3 is 0 Å². The number of carbonyl (C=O) groups is 1. The average Bonchev–Trinajstić information content (AvgIpc) is 3.19. The predicted molar refractivity (Wildman–Crippen MR) is 245 cm³/mol. The molecule has 0 fully saturated rings. The van der Waals surface area contributed by atoms with Crippen molar-refractivity contribution in [2.24, 2.45) is 23.3 Å². The van der Waals surface area contributed by atoms with Crippen molar-refractivity contribution < 1.29 is 47.2 Å². The molecular formula is C44H48N8O10S2. The topological polar surface area (TPSA) is 334 Å². The number of aryl methyl sites for hydroxylation is 2. The number of hydrogen-bond acceptors (Lipinski definition) is 14. The van der Waals surface area contributed by atoms with E-state index in [9.17, 15) is 47.2 Å². The lowest BCUT2D eigenvalue weighted by atomic mass is 9.75. The van der Waals surface area contributed by atoms with Crippen molar-refractivity contribution in [2.75, 3.05) is 10.6 Å². The molecule has 15 N–H and O–H groups in total. The Labute approximate surface area is 369 Å². The summed E-state index contributed by atoms with van der Waals surface area (Å²) in [5, 5.41) is 79.7. The van der Waals surface area contributed by atoms with Crippen molar-refractivity contribution in [3.05, 3.63) is 118 Å². The maximum Gasteiger partial charge on any atom is 0.264 e. The molecule has 0 saturated heterocycles. The van der Waals surface area contributed by atoms with Crippen molar-refractivity contribution in [3.63, 3.8) is 0 Å². The van der Waals surface area contributed by atoms with Crippen molar-refractivity contribution in [1.82, 2.24) is 9.44 Å². The SMILES string of the molecule is Cc1cc2c(c(O)c1-c1c(C)cc3c(c1O)/C(=C/Nc1ccc(S(=O)(=O)NC(=N)N)cc1)C(O)C(O)=C3C(C)C)/C(=C/Nc1ccc(S(=O)(=O)NC(=N)N)cc1)C(=O)C(O)=C2C(C)C. The number of aliphatic hydroxyl groups is 3. The zero-order valence-electron chi connectivity index (χ0n) is 35.4. The minimum atomic E-state index is -4.13. The standard InChI is InChI=1S/C44H48N8O10S2/c1-19(2)31-27-15-21(5)33(39(55)35(27)29(37(53)41(31)57)17-49-23-7-11-25(12-8-23)63(59,60)51-43(45)46)34-22(6)16-28-32(20(3)4)42(58)38(54)30(36(28)40(34)56)18-50-24-9-13-26(14-10-24)64(61,62)52-44(47)48/h7-20,37,49-50,53,55-58H,1-6H3,(H4,45,46,51)(H4,47,48,52)/b29-17-,30-18-. The monoisotopic (exact) mass is 912 g/mol. The lowest BCUT2D eigenvalue weighted by Crippen LogP contribution is -2.35. The third-order valence-electron chi connectivity index (χ3n) is 10.7. The van der Waals surface area contributed by atoms with Gasteiger partial charge in [-0.1, -0.05) is 39.8 Å². The number of aromatic hydroxyl groups is 2. The first-order chi connectivity index (χ1) is 29.9. The summed E-state index contributed by atoms with van der Waals surface area (Å²) in [6, 6.07) is 14.0. The van der Waals surface area contributed by atoms with E-state index in [0.29, 0.717) is 39.2 Å². The van der Waals surface area contributed by atoms with E-state index >= 15 is 0 Å². The van der Waals surface area contributed by atoms with Gasteiger partial charge in [-0.2, -0.15) is 0 Å². The van der Waals surface area contributed by atoms with Gasteiger partial charge < -0.3 is 47.6 Å². The van der Waals surface area contributed by atoms with Gasteiger partial charge in [0.1, 0.15) is 23.4 Å². The Hall–Kier alpha value is -7.29. The second-order valence-corrected chi connectivity index (χ2v) is 19.2. The van der Waals surface area contributed by atoms with Gasteiger partial charge in [0.15, 0.2) is 17.7 Å². The molecule has 0 aromatic heterocycles. The van der Waals surface area contributed by atoms with Crippen LogP contribution in [0.4, 0.5) is 11.4 Å². The molecule has 18 nitrogen and oxygen atoms in total. The fraction of sp³-hybridized carbons (Fsp3) is 0.205. The van der Waals surface area contributed by atoms with Crippen molar-refractivity contribution in [1.29, 1.82) is 10.8 Å². The van der Waals surface area contributed by atoms with E-state index in [1.165, 1.54) is 60.9 Å². The lowest BCUT2D eigenvalue weighted by molar-refractivity contribution is -0.112. The van der Waals surface area contributed by atoms with E-state index in [1.54, 1.807) is 39.8 Å². The Bertz CT molecular complexity index is 3010. The fourth-order valence-electron chi connectivity index (χ4n) is 7.95. The maximum absolute atomic E-state index is 14.0. The van der Waals surface area contributed by atoms with E-state index < -0.39 is 61.3 Å². The van der Waals surface area contributed by atoms with Crippen LogP contribution in [-0.2, 0) is 24.8 Å². The Morgan fingerprint density at radius 3 is 1.48 bits per heavy atom. The number of sulfonamides is 2. The number of rotatable bonds is 11. The Kier molecular flexibility index (Phi) is 12.4. The van der Waals surface area contributed by atoms with Crippen molar-refractivity contribution in [3.8, 4) is 22.6 Å². The Balaban J connectivity index is 1.52. The summed E-state index contributed by atoms with van der Waals surface area (Å²) in [5.74, 6) is -4.81. The molecular weight excluding hydrogens is 865 g/mol. The van der Waals surface area contributed by atoms with Crippen LogP contribution in [-0.4, -0.2) is 66.2 Å². The van der Waals surface area contributed by atoms with E-state index in [2.05, 4.69) is 10.6 Å². The number of phenolic OH excluding ortho intramolecular Hbond substituents is 2. The zero-order chi connectivity index (χ0) is 47.3. The number of guanidine groups is 2. The first-order valence-corrected chi connectivity index (χ1v) is 22.5. The summed E-state index contributed by atoms with van der Waals surface area (Å²) in [7, 11) is -8.25.